The Morgan fingerprint density at radius 1 is 1.20 bits per heavy atom. The Bertz CT molecular complexity index is 342. The van der Waals surface area contributed by atoms with E-state index in [0.717, 1.165) is 12.0 Å². The van der Waals surface area contributed by atoms with Gasteiger partial charge in [-0.2, -0.15) is 0 Å². The van der Waals surface area contributed by atoms with Gasteiger partial charge < -0.3 is 0 Å². The molecule has 1 aliphatic carbocycles. The van der Waals surface area contributed by atoms with Gasteiger partial charge in [0.15, 0.2) is 0 Å². The van der Waals surface area contributed by atoms with Crippen LogP contribution in [0.15, 0.2) is 24.8 Å². The number of fused-ring (bicyclic) bond motifs is 1. The van der Waals surface area contributed by atoms with Crippen molar-refractivity contribution < 1.29 is 0 Å². The van der Waals surface area contributed by atoms with Gasteiger partial charge in [-0.3, -0.25) is 4.90 Å². The quantitative estimate of drug-likeness (QED) is 0.476. The lowest BCUT2D eigenvalue weighted by Crippen LogP contribution is -2.39. The molecule has 3 unspecified atom stereocenters. The van der Waals surface area contributed by atoms with Crippen LogP contribution in [0.2, 0.25) is 0 Å². The highest BCUT2D eigenvalue weighted by Gasteiger charge is 2.52. The Labute approximate surface area is 126 Å². The van der Waals surface area contributed by atoms with Gasteiger partial charge in [0.25, 0.3) is 0 Å². The van der Waals surface area contributed by atoms with Gasteiger partial charge in [-0.25, -0.2) is 0 Å². The predicted molar refractivity (Wildman–Crippen MR) is 88.9 cm³/mol. The molecule has 1 aliphatic heterocycles. The third kappa shape index (κ3) is 3.03. The number of likely N-dealkylation sites (tertiary alicyclic amines) is 1. The van der Waals surface area contributed by atoms with E-state index < -0.39 is 0 Å². The number of hydrogen-bond donors (Lipinski definition) is 0. The van der Waals surface area contributed by atoms with Gasteiger partial charge in [0.1, 0.15) is 0 Å². The number of allylic oxidation sites excluding steroid dienone is 2. The van der Waals surface area contributed by atoms with Gasteiger partial charge in [0, 0.05) is 12.1 Å². The molecule has 1 saturated carbocycles. The largest absolute Gasteiger partial charge is 0.293 e. The fourth-order valence-corrected chi connectivity index (χ4v) is 4.62. The zero-order valence-corrected chi connectivity index (χ0v) is 13.8. The highest BCUT2D eigenvalue weighted by atomic mass is 15.2. The molecule has 0 aromatic rings. The molecular weight excluding hydrogens is 242 g/mol. The maximum Gasteiger partial charge on any atom is 0.0338 e. The fourth-order valence-electron chi connectivity index (χ4n) is 4.62. The summed E-state index contributed by atoms with van der Waals surface area (Å²) in [5.74, 6) is 0.886. The minimum Gasteiger partial charge on any atom is -0.293 e. The van der Waals surface area contributed by atoms with Crippen LogP contribution in [0.1, 0.15) is 65.7 Å². The second-order valence-electron chi connectivity index (χ2n) is 7.29. The second-order valence-corrected chi connectivity index (χ2v) is 7.29. The summed E-state index contributed by atoms with van der Waals surface area (Å²) in [6, 6.07) is 1.43. The smallest absolute Gasteiger partial charge is 0.0338 e. The molecule has 0 aromatic heterocycles. The summed E-state index contributed by atoms with van der Waals surface area (Å²) in [5.41, 5.74) is 0.414. The molecule has 2 rings (SSSR count). The molecule has 2 aliphatic rings. The lowest BCUT2D eigenvalue weighted by Gasteiger charge is -2.34. The first-order valence-corrected chi connectivity index (χ1v) is 8.68. The Balaban J connectivity index is 2.18. The van der Waals surface area contributed by atoms with Crippen molar-refractivity contribution in [2.24, 2.45) is 11.3 Å². The SMILES string of the molecule is C=CC=CC1N(CCCCC)C2CCCCC2C1(C)C. The van der Waals surface area contributed by atoms with E-state index in [1.165, 1.54) is 51.5 Å². The number of unbranched alkanes of at least 4 members (excludes halogenated alkanes) is 2. The lowest BCUT2D eigenvalue weighted by atomic mass is 9.69. The van der Waals surface area contributed by atoms with Crippen LogP contribution in [0.5, 0.6) is 0 Å². The maximum absolute atomic E-state index is 3.86. The lowest BCUT2D eigenvalue weighted by molar-refractivity contribution is 0.161. The molecule has 0 radical (unpaired) electrons. The molecule has 0 spiro atoms. The second kappa shape index (κ2) is 6.93. The molecule has 1 nitrogen and oxygen atoms in total. The summed E-state index contributed by atoms with van der Waals surface area (Å²) < 4.78 is 0. The van der Waals surface area contributed by atoms with Crippen molar-refractivity contribution in [2.75, 3.05) is 6.54 Å². The molecule has 20 heavy (non-hydrogen) atoms. The van der Waals surface area contributed by atoms with Crippen molar-refractivity contribution in [2.45, 2.75) is 77.8 Å². The van der Waals surface area contributed by atoms with Crippen LogP contribution in [0.25, 0.3) is 0 Å². The fraction of sp³-hybridized carbons (Fsp3) is 0.789. The van der Waals surface area contributed by atoms with Gasteiger partial charge in [0.05, 0.1) is 0 Å². The summed E-state index contributed by atoms with van der Waals surface area (Å²) in [7, 11) is 0. The molecule has 1 saturated heterocycles. The zero-order chi connectivity index (χ0) is 14.6. The topological polar surface area (TPSA) is 3.24 Å². The highest BCUT2D eigenvalue weighted by molar-refractivity contribution is 5.15. The molecule has 3 atom stereocenters. The van der Waals surface area contributed by atoms with Crippen LogP contribution in [-0.2, 0) is 0 Å². The summed E-state index contributed by atoms with van der Waals surface area (Å²) in [5, 5.41) is 0. The minimum absolute atomic E-state index is 0.414. The average Bonchev–Trinajstić information content (AvgIpc) is 2.66. The molecule has 114 valence electrons. The summed E-state index contributed by atoms with van der Waals surface area (Å²) in [6.45, 7) is 12.4. The number of hydrogen-bond acceptors (Lipinski definition) is 1. The van der Waals surface area contributed by atoms with Crippen LogP contribution in [0, 0.1) is 11.3 Å². The van der Waals surface area contributed by atoms with Crippen molar-refractivity contribution >= 4 is 0 Å². The Kier molecular flexibility index (Phi) is 5.49. The van der Waals surface area contributed by atoms with Crippen LogP contribution < -0.4 is 0 Å². The summed E-state index contributed by atoms with van der Waals surface area (Å²) in [4.78, 5) is 2.83. The normalized spacial score (nSPS) is 33.5. The monoisotopic (exact) mass is 275 g/mol. The van der Waals surface area contributed by atoms with E-state index in [2.05, 4.69) is 44.4 Å². The Morgan fingerprint density at radius 2 is 1.95 bits per heavy atom. The standard InChI is InChI=1S/C19H33N/c1-5-7-11-15-20-17-13-10-9-12-16(17)19(3,4)18(20)14-8-6-2/h6,8,14,16-18H,2,5,7,9-13,15H2,1,3-4H3. The van der Waals surface area contributed by atoms with Crippen molar-refractivity contribution in [3.63, 3.8) is 0 Å². The van der Waals surface area contributed by atoms with Gasteiger partial charge >= 0.3 is 0 Å². The number of rotatable bonds is 6. The molecule has 0 aromatic carbocycles. The van der Waals surface area contributed by atoms with E-state index in [1.54, 1.807) is 0 Å². The van der Waals surface area contributed by atoms with Gasteiger partial charge in [-0.15, -0.1) is 0 Å². The average molecular weight is 275 g/mol. The van der Waals surface area contributed by atoms with E-state index in [9.17, 15) is 0 Å². The third-order valence-electron chi connectivity index (χ3n) is 5.68. The summed E-state index contributed by atoms with van der Waals surface area (Å²) >= 11 is 0. The van der Waals surface area contributed by atoms with Crippen LogP contribution in [0.4, 0.5) is 0 Å². The first kappa shape index (κ1) is 15.8. The van der Waals surface area contributed by atoms with E-state index in [1.807, 2.05) is 6.08 Å². The predicted octanol–water partition coefficient (Wildman–Crippen LogP) is 5.19. The summed E-state index contributed by atoms with van der Waals surface area (Å²) in [6.07, 6.45) is 16.3. The van der Waals surface area contributed by atoms with E-state index in [-0.39, 0.29) is 0 Å². The van der Waals surface area contributed by atoms with Gasteiger partial charge in [0.2, 0.25) is 0 Å². The molecule has 1 heteroatoms. The third-order valence-corrected chi connectivity index (χ3v) is 5.68. The first-order chi connectivity index (χ1) is 9.62. The van der Waals surface area contributed by atoms with Crippen LogP contribution >= 0.6 is 0 Å². The van der Waals surface area contributed by atoms with Gasteiger partial charge in [-0.05, 0) is 37.1 Å². The molecular formula is C19H33N. The molecule has 0 N–H and O–H groups in total. The van der Waals surface area contributed by atoms with E-state index >= 15 is 0 Å². The molecule has 2 fully saturated rings. The van der Waals surface area contributed by atoms with Crippen LogP contribution in [-0.4, -0.2) is 23.5 Å². The van der Waals surface area contributed by atoms with E-state index in [0.29, 0.717) is 11.5 Å². The van der Waals surface area contributed by atoms with E-state index in [4.69, 9.17) is 0 Å². The minimum atomic E-state index is 0.414. The molecule has 1 heterocycles. The number of nitrogens with zero attached hydrogens (tertiary/aromatic N) is 1. The highest BCUT2D eigenvalue weighted by Crippen LogP contribution is 2.51. The molecule has 0 amide bonds. The maximum atomic E-state index is 3.86. The van der Waals surface area contributed by atoms with Crippen LogP contribution in [0.3, 0.4) is 0 Å². The van der Waals surface area contributed by atoms with Crippen molar-refractivity contribution in [1.82, 2.24) is 4.90 Å². The van der Waals surface area contributed by atoms with Gasteiger partial charge in [-0.1, -0.05) is 71.3 Å². The molecule has 0 bridgehead atoms. The Hall–Kier alpha value is -0.560. The first-order valence-electron chi connectivity index (χ1n) is 8.68. The van der Waals surface area contributed by atoms with Crippen molar-refractivity contribution in [3.8, 4) is 0 Å². The van der Waals surface area contributed by atoms with Crippen molar-refractivity contribution in [1.29, 1.82) is 0 Å². The Morgan fingerprint density at radius 3 is 2.65 bits per heavy atom. The van der Waals surface area contributed by atoms with Crippen molar-refractivity contribution in [3.05, 3.63) is 24.8 Å². The zero-order valence-electron chi connectivity index (χ0n) is 13.8.